The van der Waals surface area contributed by atoms with Crippen molar-refractivity contribution in [3.05, 3.63) is 65.6 Å². The standard InChI is InChI=1S/C25H21FN8/c1-2-30-20-7-17(26)6-18-22-24(34-21-3-4-28-11-16(21)12-32-34)19(13-31-25(22)33-23(18)20)15-5-14(8-27)9-29-10-15/h5-7,9-10,12-13,28,30H,2-4,11H2,1H3,(H,31,33). The van der Waals surface area contributed by atoms with Crippen LogP contribution in [-0.2, 0) is 13.0 Å². The fraction of sp³-hybridized carbons (Fsp3) is 0.200. The van der Waals surface area contributed by atoms with Gasteiger partial charge in [-0.2, -0.15) is 10.4 Å². The zero-order valence-electron chi connectivity index (χ0n) is 18.5. The summed E-state index contributed by atoms with van der Waals surface area (Å²) in [6.07, 6.45) is 7.70. The van der Waals surface area contributed by atoms with Crippen molar-refractivity contribution in [1.29, 1.82) is 5.26 Å². The number of nitrogens with one attached hydrogen (secondary N) is 3. The number of anilines is 1. The molecule has 5 heterocycles. The molecule has 3 N–H and O–H groups in total. The summed E-state index contributed by atoms with van der Waals surface area (Å²) in [5.74, 6) is -0.333. The molecular weight excluding hydrogens is 431 g/mol. The van der Waals surface area contributed by atoms with Crippen LogP contribution in [0, 0.1) is 17.1 Å². The van der Waals surface area contributed by atoms with Gasteiger partial charge in [0.2, 0.25) is 0 Å². The Bertz CT molecular complexity index is 1610. The number of nitrogens with zero attached hydrogens (tertiary/aromatic N) is 5. The van der Waals surface area contributed by atoms with Gasteiger partial charge < -0.3 is 15.6 Å². The highest BCUT2D eigenvalue weighted by Crippen LogP contribution is 2.39. The second-order valence-electron chi connectivity index (χ2n) is 8.30. The zero-order chi connectivity index (χ0) is 23.2. The Morgan fingerprint density at radius 3 is 2.97 bits per heavy atom. The predicted octanol–water partition coefficient (Wildman–Crippen LogP) is 4.05. The summed E-state index contributed by atoms with van der Waals surface area (Å²) >= 11 is 0. The first kappa shape index (κ1) is 20.3. The quantitative estimate of drug-likeness (QED) is 0.380. The largest absolute Gasteiger partial charge is 0.384 e. The van der Waals surface area contributed by atoms with E-state index in [9.17, 15) is 9.65 Å². The highest BCUT2D eigenvalue weighted by atomic mass is 19.1. The SMILES string of the molecule is CCNc1cc(F)cc2c1[nH]c1ncc(-c3cncc(C#N)c3)c(-n3ncc4c3CCNC4)c12. The highest BCUT2D eigenvalue weighted by Gasteiger charge is 2.24. The molecule has 0 radical (unpaired) electrons. The molecule has 1 aromatic carbocycles. The van der Waals surface area contributed by atoms with Crippen LogP contribution in [0.5, 0.6) is 0 Å². The van der Waals surface area contributed by atoms with Crippen LogP contribution in [0.4, 0.5) is 10.1 Å². The van der Waals surface area contributed by atoms with Crippen LogP contribution in [0.15, 0.2) is 43.0 Å². The first-order valence-electron chi connectivity index (χ1n) is 11.2. The number of aromatic nitrogens is 5. The second-order valence-corrected chi connectivity index (χ2v) is 8.30. The topological polar surface area (TPSA) is 107 Å². The van der Waals surface area contributed by atoms with Gasteiger partial charge in [0.05, 0.1) is 39.7 Å². The van der Waals surface area contributed by atoms with Gasteiger partial charge in [0.15, 0.2) is 0 Å². The van der Waals surface area contributed by atoms with Gasteiger partial charge in [-0.05, 0) is 25.1 Å². The highest BCUT2D eigenvalue weighted by molar-refractivity contribution is 6.15. The molecule has 0 saturated carbocycles. The Hall–Kier alpha value is -4.29. The smallest absolute Gasteiger partial charge is 0.140 e. The molecule has 0 spiro atoms. The van der Waals surface area contributed by atoms with Crippen molar-refractivity contribution < 1.29 is 4.39 Å². The first-order valence-corrected chi connectivity index (χ1v) is 11.2. The van der Waals surface area contributed by atoms with Crippen molar-refractivity contribution in [3.63, 3.8) is 0 Å². The lowest BCUT2D eigenvalue weighted by Gasteiger charge is -2.18. The van der Waals surface area contributed by atoms with Crippen molar-refractivity contribution in [2.24, 2.45) is 0 Å². The van der Waals surface area contributed by atoms with Gasteiger partial charge in [0.25, 0.3) is 0 Å². The van der Waals surface area contributed by atoms with E-state index >= 15 is 0 Å². The minimum Gasteiger partial charge on any atom is -0.384 e. The lowest BCUT2D eigenvalue weighted by molar-refractivity contribution is 0.623. The molecule has 0 fully saturated rings. The summed E-state index contributed by atoms with van der Waals surface area (Å²) < 4.78 is 16.7. The summed E-state index contributed by atoms with van der Waals surface area (Å²) in [7, 11) is 0. The minimum absolute atomic E-state index is 0.333. The van der Waals surface area contributed by atoms with E-state index in [4.69, 9.17) is 10.1 Å². The van der Waals surface area contributed by atoms with E-state index in [-0.39, 0.29) is 5.82 Å². The third-order valence-corrected chi connectivity index (χ3v) is 6.23. The zero-order valence-corrected chi connectivity index (χ0v) is 18.5. The molecule has 0 aliphatic carbocycles. The van der Waals surface area contributed by atoms with Crippen LogP contribution in [-0.4, -0.2) is 37.8 Å². The summed E-state index contributed by atoms with van der Waals surface area (Å²) in [6.45, 7) is 4.23. The number of aromatic amines is 1. The van der Waals surface area contributed by atoms with Crippen LogP contribution < -0.4 is 10.6 Å². The fourth-order valence-corrected chi connectivity index (χ4v) is 4.76. The second kappa shape index (κ2) is 7.93. The number of halogens is 1. The monoisotopic (exact) mass is 452 g/mol. The molecule has 0 amide bonds. The Labute approximate surface area is 194 Å². The molecule has 34 heavy (non-hydrogen) atoms. The number of pyridine rings is 2. The van der Waals surface area contributed by atoms with E-state index in [0.29, 0.717) is 23.4 Å². The lowest BCUT2D eigenvalue weighted by Crippen LogP contribution is -2.24. The lowest BCUT2D eigenvalue weighted by atomic mass is 10.0. The number of fused-ring (bicyclic) bond motifs is 4. The Kier molecular flexibility index (Phi) is 4.74. The van der Waals surface area contributed by atoms with Crippen molar-refractivity contribution in [2.45, 2.75) is 19.9 Å². The minimum atomic E-state index is -0.333. The maximum atomic E-state index is 14.7. The van der Waals surface area contributed by atoms with Crippen LogP contribution >= 0.6 is 0 Å². The van der Waals surface area contributed by atoms with E-state index in [1.54, 1.807) is 18.5 Å². The predicted molar refractivity (Wildman–Crippen MR) is 128 cm³/mol. The summed E-state index contributed by atoms with van der Waals surface area (Å²) in [5, 5.41) is 22.3. The van der Waals surface area contributed by atoms with Gasteiger partial charge >= 0.3 is 0 Å². The van der Waals surface area contributed by atoms with E-state index in [2.05, 4.69) is 26.7 Å². The molecule has 9 heteroatoms. The molecule has 0 unspecified atom stereocenters. The van der Waals surface area contributed by atoms with Crippen molar-refractivity contribution in [2.75, 3.05) is 18.4 Å². The maximum Gasteiger partial charge on any atom is 0.140 e. The molecule has 1 aliphatic heterocycles. The first-order chi connectivity index (χ1) is 16.7. The number of H-pyrrole nitrogens is 1. The Morgan fingerprint density at radius 1 is 1.21 bits per heavy atom. The van der Waals surface area contributed by atoms with Gasteiger partial charge in [-0.25, -0.2) is 14.1 Å². The number of rotatable bonds is 4. The molecule has 1 aliphatic rings. The maximum absolute atomic E-state index is 14.7. The summed E-state index contributed by atoms with van der Waals surface area (Å²) in [6, 6.07) is 6.97. The molecule has 0 bridgehead atoms. The third-order valence-electron chi connectivity index (χ3n) is 6.23. The van der Waals surface area contributed by atoms with E-state index in [1.165, 1.54) is 18.3 Å². The molecule has 168 valence electrons. The van der Waals surface area contributed by atoms with Crippen LogP contribution in [0.2, 0.25) is 0 Å². The Balaban J connectivity index is 1.75. The molecular formula is C25H21FN8. The summed E-state index contributed by atoms with van der Waals surface area (Å²) in [5.41, 5.74) is 7.12. The third kappa shape index (κ3) is 3.11. The van der Waals surface area contributed by atoms with Crippen molar-refractivity contribution >= 4 is 27.6 Å². The molecule has 6 rings (SSSR count). The van der Waals surface area contributed by atoms with Gasteiger partial charge in [-0.1, -0.05) is 0 Å². The molecule has 8 nitrogen and oxygen atoms in total. The van der Waals surface area contributed by atoms with E-state index in [1.807, 2.05) is 17.8 Å². The normalized spacial score (nSPS) is 13.2. The van der Waals surface area contributed by atoms with E-state index < -0.39 is 0 Å². The van der Waals surface area contributed by atoms with Gasteiger partial charge in [-0.15, -0.1) is 0 Å². The van der Waals surface area contributed by atoms with Gasteiger partial charge in [0, 0.05) is 66.7 Å². The van der Waals surface area contributed by atoms with Crippen LogP contribution in [0.1, 0.15) is 23.7 Å². The fourth-order valence-electron chi connectivity index (χ4n) is 4.76. The number of hydrogen-bond acceptors (Lipinski definition) is 6. The van der Waals surface area contributed by atoms with Gasteiger partial charge in [-0.3, -0.25) is 4.98 Å². The summed E-state index contributed by atoms with van der Waals surface area (Å²) in [4.78, 5) is 12.3. The molecule has 4 aromatic heterocycles. The molecule has 0 saturated heterocycles. The molecule has 0 atom stereocenters. The van der Waals surface area contributed by atoms with Crippen molar-refractivity contribution in [1.82, 2.24) is 30.0 Å². The van der Waals surface area contributed by atoms with Crippen LogP contribution in [0.3, 0.4) is 0 Å². The van der Waals surface area contributed by atoms with Gasteiger partial charge in [0.1, 0.15) is 17.5 Å². The average Bonchev–Trinajstić information content (AvgIpc) is 3.45. The van der Waals surface area contributed by atoms with Crippen LogP contribution in [0.25, 0.3) is 38.8 Å². The van der Waals surface area contributed by atoms with Crippen molar-refractivity contribution in [3.8, 4) is 22.9 Å². The molecule has 5 aromatic rings. The Morgan fingerprint density at radius 2 is 2.12 bits per heavy atom. The number of nitriles is 1. The number of hydrogen-bond donors (Lipinski definition) is 3. The van der Waals surface area contributed by atoms with E-state index in [0.717, 1.165) is 63.9 Å². The average molecular weight is 452 g/mol. The number of benzene rings is 1.